The molecule has 0 saturated carbocycles. The van der Waals surface area contributed by atoms with Gasteiger partial charge in [0, 0.05) is 11.4 Å². The predicted octanol–water partition coefficient (Wildman–Crippen LogP) is 10.5. The summed E-state index contributed by atoms with van der Waals surface area (Å²) in [7, 11) is 0. The summed E-state index contributed by atoms with van der Waals surface area (Å²) in [4.78, 5) is 2.36. The van der Waals surface area contributed by atoms with Gasteiger partial charge in [-0.25, -0.2) is 0 Å². The van der Waals surface area contributed by atoms with E-state index in [2.05, 4.69) is 129 Å². The average Bonchev–Trinajstić information content (AvgIpc) is 3.01. The molecule has 0 amide bonds. The van der Waals surface area contributed by atoms with Gasteiger partial charge >= 0.3 is 0 Å². The van der Waals surface area contributed by atoms with Crippen molar-refractivity contribution in [3.05, 3.63) is 154 Å². The molecule has 6 aromatic carbocycles. The maximum atomic E-state index is 9.93. The molecule has 3 heteroatoms. The van der Waals surface area contributed by atoms with Crippen LogP contribution in [0, 0.1) is 20.8 Å². The molecule has 0 aliphatic heterocycles. The van der Waals surface area contributed by atoms with E-state index in [9.17, 15) is 5.11 Å². The molecule has 0 radical (unpaired) electrons. The molecule has 0 unspecified atom stereocenters. The third-order valence-electron chi connectivity index (χ3n) is 8.04. The van der Waals surface area contributed by atoms with E-state index in [4.69, 9.17) is 4.74 Å². The zero-order valence-corrected chi connectivity index (χ0v) is 25.3. The highest BCUT2D eigenvalue weighted by atomic mass is 16.5. The molecule has 0 bridgehead atoms. The van der Waals surface area contributed by atoms with Crippen LogP contribution in [-0.4, -0.2) is 5.11 Å². The minimum atomic E-state index is -0.0102. The van der Waals surface area contributed by atoms with Crippen molar-refractivity contribution in [2.45, 2.75) is 40.9 Å². The highest BCUT2D eigenvalue weighted by Crippen LogP contribution is 2.40. The molecule has 0 aliphatic carbocycles. The molecule has 0 heterocycles. The van der Waals surface area contributed by atoms with E-state index in [0.717, 1.165) is 44.6 Å². The average molecular weight is 564 g/mol. The third kappa shape index (κ3) is 6.04. The third-order valence-corrected chi connectivity index (χ3v) is 8.04. The van der Waals surface area contributed by atoms with Gasteiger partial charge in [0.1, 0.15) is 6.61 Å². The van der Waals surface area contributed by atoms with E-state index in [1.54, 1.807) is 0 Å². The van der Waals surface area contributed by atoms with Crippen molar-refractivity contribution in [2.24, 2.45) is 0 Å². The number of rotatable bonds is 8. The Morgan fingerprint density at radius 1 is 0.651 bits per heavy atom. The van der Waals surface area contributed by atoms with Crippen LogP contribution in [0.25, 0.3) is 27.6 Å². The van der Waals surface area contributed by atoms with Crippen molar-refractivity contribution < 1.29 is 9.84 Å². The minimum absolute atomic E-state index is 0.0102. The number of para-hydroxylation sites is 1. The number of ether oxygens (including phenoxy) is 1. The summed E-state index contributed by atoms with van der Waals surface area (Å²) in [5, 5.41) is 14.6. The lowest BCUT2D eigenvalue weighted by Gasteiger charge is -2.29. The van der Waals surface area contributed by atoms with Gasteiger partial charge in [0.15, 0.2) is 0 Å². The molecule has 0 fully saturated rings. The summed E-state index contributed by atoms with van der Waals surface area (Å²) in [5.41, 5.74) is 10.3. The Labute approximate surface area is 254 Å². The molecule has 3 nitrogen and oxygen atoms in total. The van der Waals surface area contributed by atoms with Crippen LogP contribution >= 0.6 is 0 Å². The van der Waals surface area contributed by atoms with Gasteiger partial charge in [-0.3, -0.25) is 0 Å². The van der Waals surface area contributed by atoms with Crippen LogP contribution in [0.3, 0.4) is 0 Å². The van der Waals surface area contributed by atoms with E-state index in [1.165, 1.54) is 33.2 Å². The zero-order valence-electron chi connectivity index (χ0n) is 25.3. The fraction of sp³-hybridized carbons (Fsp3) is 0.150. The van der Waals surface area contributed by atoms with Crippen LogP contribution in [0.2, 0.25) is 0 Å². The van der Waals surface area contributed by atoms with Gasteiger partial charge in [0.2, 0.25) is 0 Å². The number of aliphatic hydroxyl groups excluding tert-OH is 1. The van der Waals surface area contributed by atoms with Crippen LogP contribution in [0.4, 0.5) is 17.1 Å². The van der Waals surface area contributed by atoms with Gasteiger partial charge < -0.3 is 14.7 Å². The lowest BCUT2D eigenvalue weighted by Crippen LogP contribution is -2.13. The van der Waals surface area contributed by atoms with E-state index in [1.807, 2.05) is 25.1 Å². The topological polar surface area (TPSA) is 32.7 Å². The Kier molecular flexibility index (Phi) is 8.00. The predicted molar refractivity (Wildman–Crippen MR) is 181 cm³/mol. The van der Waals surface area contributed by atoms with Gasteiger partial charge in [-0.2, -0.15) is 0 Å². The van der Waals surface area contributed by atoms with E-state index in [-0.39, 0.29) is 6.61 Å². The molecule has 43 heavy (non-hydrogen) atoms. The standard InChI is InChI=1S/C40H37NO2/c1-27-18-28(2)40(29(3)19-27)41(38-12-6-5-7-13-38)39-17-16-34-21-31(14-15-35(34)24-39)20-30(4)43-26-37-23-33-11-9-8-10-32(33)22-36(37)25-42/h5-24,42H,25-26H2,1-4H3. The van der Waals surface area contributed by atoms with Gasteiger partial charge in [0.05, 0.1) is 18.1 Å². The van der Waals surface area contributed by atoms with E-state index < -0.39 is 0 Å². The van der Waals surface area contributed by atoms with Crippen molar-refractivity contribution in [2.75, 3.05) is 4.90 Å². The molecule has 0 atom stereocenters. The molecule has 0 aliphatic rings. The lowest BCUT2D eigenvalue weighted by atomic mass is 10.0. The Hall–Kier alpha value is -4.86. The van der Waals surface area contributed by atoms with Crippen molar-refractivity contribution in [3.8, 4) is 0 Å². The van der Waals surface area contributed by atoms with E-state index >= 15 is 0 Å². The summed E-state index contributed by atoms with van der Waals surface area (Å²) in [6.45, 7) is 8.93. The first kappa shape index (κ1) is 28.3. The summed E-state index contributed by atoms with van der Waals surface area (Å²) in [5.74, 6) is 0.827. The SMILES string of the molecule is CC(=Cc1ccc2cc(N(c3ccccc3)c3c(C)cc(C)cc3C)ccc2c1)OCc1cc2ccccc2cc1CO. The Bertz CT molecular complexity index is 1930. The fourth-order valence-electron chi connectivity index (χ4n) is 6.07. The summed E-state index contributed by atoms with van der Waals surface area (Å²) < 4.78 is 6.16. The zero-order chi connectivity index (χ0) is 29.9. The van der Waals surface area contributed by atoms with Crippen molar-refractivity contribution >= 4 is 44.7 Å². The maximum absolute atomic E-state index is 9.93. The molecule has 6 rings (SSSR count). The molecular weight excluding hydrogens is 526 g/mol. The Morgan fingerprint density at radius 2 is 1.26 bits per heavy atom. The number of aliphatic hydroxyl groups is 1. The Balaban J connectivity index is 1.28. The number of aryl methyl sites for hydroxylation is 3. The van der Waals surface area contributed by atoms with Gasteiger partial charge in [-0.1, -0.05) is 78.4 Å². The number of fused-ring (bicyclic) bond motifs is 2. The van der Waals surface area contributed by atoms with Crippen molar-refractivity contribution in [1.29, 1.82) is 0 Å². The second-order valence-corrected chi connectivity index (χ2v) is 11.4. The molecule has 214 valence electrons. The highest BCUT2D eigenvalue weighted by Gasteiger charge is 2.17. The molecule has 1 N–H and O–H groups in total. The number of anilines is 3. The van der Waals surface area contributed by atoms with Crippen LogP contribution in [0.1, 0.15) is 40.3 Å². The van der Waals surface area contributed by atoms with E-state index in [0.29, 0.717) is 6.61 Å². The lowest BCUT2D eigenvalue weighted by molar-refractivity contribution is 0.199. The van der Waals surface area contributed by atoms with Gasteiger partial charge in [0.25, 0.3) is 0 Å². The Morgan fingerprint density at radius 3 is 1.95 bits per heavy atom. The summed E-state index contributed by atoms with van der Waals surface area (Å²) in [6, 6.07) is 40.7. The molecular formula is C40H37NO2. The first-order valence-electron chi connectivity index (χ1n) is 14.8. The van der Waals surface area contributed by atoms with Crippen LogP contribution in [0.5, 0.6) is 0 Å². The first-order valence-corrected chi connectivity index (χ1v) is 14.8. The van der Waals surface area contributed by atoms with Crippen LogP contribution in [-0.2, 0) is 18.0 Å². The second kappa shape index (κ2) is 12.2. The smallest absolute Gasteiger partial charge is 0.113 e. The molecule has 6 aromatic rings. The van der Waals surface area contributed by atoms with Crippen molar-refractivity contribution in [3.63, 3.8) is 0 Å². The second-order valence-electron chi connectivity index (χ2n) is 11.4. The molecule has 0 aromatic heterocycles. The highest BCUT2D eigenvalue weighted by molar-refractivity contribution is 5.91. The quantitative estimate of drug-likeness (QED) is 0.187. The van der Waals surface area contributed by atoms with Gasteiger partial charge in [-0.15, -0.1) is 0 Å². The minimum Gasteiger partial charge on any atom is -0.494 e. The number of hydrogen-bond donors (Lipinski definition) is 1. The van der Waals surface area contributed by atoms with Gasteiger partial charge in [-0.05, 0) is 126 Å². The molecule has 0 saturated heterocycles. The normalized spacial score (nSPS) is 11.7. The largest absolute Gasteiger partial charge is 0.494 e. The van der Waals surface area contributed by atoms with Crippen molar-refractivity contribution in [1.82, 2.24) is 0 Å². The monoisotopic (exact) mass is 563 g/mol. The summed E-state index contributed by atoms with van der Waals surface area (Å²) >= 11 is 0. The fourth-order valence-corrected chi connectivity index (χ4v) is 6.07. The number of nitrogens with zero attached hydrogens (tertiary/aromatic N) is 1. The first-order chi connectivity index (χ1) is 20.9. The molecule has 0 spiro atoms. The van der Waals surface area contributed by atoms with Crippen LogP contribution in [0.15, 0.2) is 121 Å². The number of benzene rings is 6. The maximum Gasteiger partial charge on any atom is 0.113 e. The van der Waals surface area contributed by atoms with Crippen LogP contribution < -0.4 is 4.90 Å². The number of allylic oxidation sites excluding steroid dienone is 1. The number of hydrogen-bond acceptors (Lipinski definition) is 3. The summed E-state index contributed by atoms with van der Waals surface area (Å²) in [6.07, 6.45) is 2.07.